The van der Waals surface area contributed by atoms with Crippen LogP contribution in [0, 0.1) is 5.92 Å². The highest BCUT2D eigenvalue weighted by Gasteiger charge is 2.16. The Morgan fingerprint density at radius 2 is 2.43 bits per heavy atom. The Morgan fingerprint density at radius 1 is 1.64 bits per heavy atom. The van der Waals surface area contributed by atoms with Gasteiger partial charge in [-0.25, -0.2) is 0 Å². The highest BCUT2D eigenvalue weighted by molar-refractivity contribution is 6.64. The lowest BCUT2D eigenvalue weighted by Gasteiger charge is -2.10. The molecule has 0 aromatic carbocycles. The minimum absolute atomic E-state index is 0.309. The van der Waals surface area contributed by atoms with Crippen molar-refractivity contribution in [3.63, 3.8) is 0 Å². The van der Waals surface area contributed by atoms with Crippen molar-refractivity contribution >= 4 is 16.8 Å². The van der Waals surface area contributed by atoms with Crippen molar-refractivity contribution in [3.05, 3.63) is 30.1 Å². The second kappa shape index (κ2) is 5.73. The number of carbonyl (C=O) groups is 1. The topological polar surface area (TPSA) is 39.2 Å². The largest absolute Gasteiger partial charge is 0.384 e. The van der Waals surface area contributed by atoms with Crippen molar-refractivity contribution < 1.29 is 9.53 Å². The van der Waals surface area contributed by atoms with E-state index >= 15 is 0 Å². The Kier molecular flexibility index (Phi) is 4.56. The molecule has 76 valence electrons. The summed E-state index contributed by atoms with van der Waals surface area (Å²) in [4.78, 5) is 15.1. The summed E-state index contributed by atoms with van der Waals surface area (Å²) in [6.45, 7) is 0.332. The molecule has 14 heavy (non-hydrogen) atoms. The van der Waals surface area contributed by atoms with Gasteiger partial charge in [0, 0.05) is 25.4 Å². The van der Waals surface area contributed by atoms with Crippen LogP contribution in [0.15, 0.2) is 24.4 Å². The molecule has 4 heteroatoms. The van der Waals surface area contributed by atoms with Gasteiger partial charge in [-0.3, -0.25) is 9.78 Å². The van der Waals surface area contributed by atoms with Crippen LogP contribution < -0.4 is 0 Å². The van der Waals surface area contributed by atoms with E-state index in [4.69, 9.17) is 16.3 Å². The number of ether oxygens (including phenoxy) is 1. The summed E-state index contributed by atoms with van der Waals surface area (Å²) >= 11 is 5.43. The first kappa shape index (κ1) is 11.1. The van der Waals surface area contributed by atoms with Crippen molar-refractivity contribution in [2.75, 3.05) is 13.7 Å². The molecule has 0 aliphatic heterocycles. The van der Waals surface area contributed by atoms with Crippen LogP contribution in [-0.4, -0.2) is 23.9 Å². The van der Waals surface area contributed by atoms with Crippen molar-refractivity contribution in [3.8, 4) is 0 Å². The van der Waals surface area contributed by atoms with Crippen molar-refractivity contribution in [1.29, 1.82) is 0 Å². The fourth-order valence-corrected chi connectivity index (χ4v) is 1.32. The smallest absolute Gasteiger partial charge is 0.227 e. The van der Waals surface area contributed by atoms with Gasteiger partial charge in [0.1, 0.15) is 0 Å². The van der Waals surface area contributed by atoms with Crippen molar-refractivity contribution in [1.82, 2.24) is 4.98 Å². The van der Waals surface area contributed by atoms with Crippen LogP contribution in [0.4, 0.5) is 0 Å². The minimum Gasteiger partial charge on any atom is -0.384 e. The second-order valence-corrected chi connectivity index (χ2v) is 3.35. The Balaban J connectivity index is 2.60. The van der Waals surface area contributed by atoms with E-state index in [0.29, 0.717) is 13.0 Å². The Bertz CT molecular complexity index is 289. The Morgan fingerprint density at radius 3 is 2.93 bits per heavy atom. The number of aromatic nitrogens is 1. The lowest BCUT2D eigenvalue weighted by molar-refractivity contribution is -0.116. The molecular formula is C10H12ClNO2. The molecule has 0 amide bonds. The normalized spacial score (nSPS) is 12.4. The summed E-state index contributed by atoms with van der Waals surface area (Å²) in [5.41, 5.74) is 0.851. The quantitative estimate of drug-likeness (QED) is 0.699. The van der Waals surface area contributed by atoms with E-state index in [1.165, 1.54) is 0 Å². The maximum absolute atomic E-state index is 11.0. The maximum atomic E-state index is 11.0. The number of halogens is 1. The van der Waals surface area contributed by atoms with Crippen LogP contribution in [0.25, 0.3) is 0 Å². The molecule has 3 nitrogen and oxygen atoms in total. The standard InChI is InChI=1S/C10H12ClNO2/c1-14-7-8(10(11)13)6-9-4-2-3-5-12-9/h2-5,8H,6-7H2,1H3. The molecule has 0 radical (unpaired) electrons. The van der Waals surface area contributed by atoms with Gasteiger partial charge in [-0.1, -0.05) is 6.07 Å². The molecular weight excluding hydrogens is 202 g/mol. The molecule has 0 fully saturated rings. The third kappa shape index (κ3) is 3.44. The first-order valence-corrected chi connectivity index (χ1v) is 4.70. The van der Waals surface area contributed by atoms with Gasteiger partial charge in [0.05, 0.1) is 12.5 Å². The average molecular weight is 214 g/mol. The SMILES string of the molecule is COCC(Cc1ccccn1)C(=O)Cl. The van der Waals surface area contributed by atoms with E-state index in [0.717, 1.165) is 5.69 Å². The fourth-order valence-electron chi connectivity index (χ4n) is 1.18. The van der Waals surface area contributed by atoms with Gasteiger partial charge in [-0.15, -0.1) is 0 Å². The van der Waals surface area contributed by atoms with Crippen LogP contribution in [0.1, 0.15) is 5.69 Å². The van der Waals surface area contributed by atoms with Crippen LogP contribution in [0.5, 0.6) is 0 Å². The van der Waals surface area contributed by atoms with Crippen LogP contribution in [0.3, 0.4) is 0 Å². The third-order valence-corrected chi connectivity index (χ3v) is 2.18. The molecule has 0 spiro atoms. The monoisotopic (exact) mass is 213 g/mol. The predicted molar refractivity (Wildman–Crippen MR) is 54.2 cm³/mol. The number of carbonyl (C=O) groups excluding carboxylic acids is 1. The van der Waals surface area contributed by atoms with E-state index in [2.05, 4.69) is 4.98 Å². The molecule has 1 rings (SSSR count). The molecule has 1 atom stereocenters. The number of hydrogen-bond donors (Lipinski definition) is 0. The Labute approximate surface area is 88.1 Å². The van der Waals surface area contributed by atoms with Gasteiger partial charge in [0.15, 0.2) is 0 Å². The maximum Gasteiger partial charge on any atom is 0.227 e. The van der Waals surface area contributed by atoms with Crippen LogP contribution in [-0.2, 0) is 16.0 Å². The summed E-state index contributed by atoms with van der Waals surface area (Å²) in [6.07, 6.45) is 2.22. The highest BCUT2D eigenvalue weighted by Crippen LogP contribution is 2.10. The van der Waals surface area contributed by atoms with Crippen LogP contribution in [0.2, 0.25) is 0 Å². The summed E-state index contributed by atoms with van der Waals surface area (Å²) < 4.78 is 4.90. The Hall–Kier alpha value is -0.930. The summed E-state index contributed by atoms with van der Waals surface area (Å²) in [7, 11) is 1.55. The molecule has 0 saturated heterocycles. The van der Waals surface area contributed by atoms with E-state index < -0.39 is 0 Å². The zero-order valence-electron chi connectivity index (χ0n) is 7.94. The fraction of sp³-hybridized carbons (Fsp3) is 0.400. The summed E-state index contributed by atoms with van der Waals surface area (Å²) in [5, 5.41) is -0.377. The molecule has 0 aliphatic rings. The number of methoxy groups -OCH3 is 1. The van der Waals surface area contributed by atoms with Crippen molar-refractivity contribution in [2.24, 2.45) is 5.92 Å². The van der Waals surface area contributed by atoms with Gasteiger partial charge < -0.3 is 4.74 Å². The first-order chi connectivity index (χ1) is 6.74. The van der Waals surface area contributed by atoms with Gasteiger partial charge in [0.25, 0.3) is 0 Å². The molecule has 1 heterocycles. The van der Waals surface area contributed by atoms with E-state index in [1.54, 1.807) is 13.3 Å². The first-order valence-electron chi connectivity index (χ1n) is 4.32. The molecule has 1 aromatic rings. The van der Waals surface area contributed by atoms with Gasteiger partial charge in [-0.05, 0) is 23.7 Å². The van der Waals surface area contributed by atoms with Gasteiger partial charge in [0.2, 0.25) is 5.24 Å². The third-order valence-electron chi connectivity index (χ3n) is 1.87. The number of hydrogen-bond acceptors (Lipinski definition) is 3. The minimum atomic E-state index is -0.377. The van der Waals surface area contributed by atoms with E-state index in [9.17, 15) is 4.79 Å². The van der Waals surface area contributed by atoms with Gasteiger partial charge >= 0.3 is 0 Å². The molecule has 1 aromatic heterocycles. The average Bonchev–Trinajstić information content (AvgIpc) is 2.18. The lowest BCUT2D eigenvalue weighted by Crippen LogP contribution is -2.18. The van der Waals surface area contributed by atoms with E-state index in [1.807, 2.05) is 18.2 Å². The van der Waals surface area contributed by atoms with Crippen LogP contribution >= 0.6 is 11.6 Å². The summed E-state index contributed by atoms with van der Waals surface area (Å²) in [5.74, 6) is -0.309. The zero-order chi connectivity index (χ0) is 10.4. The molecule has 0 N–H and O–H groups in total. The predicted octanol–water partition coefficient (Wildman–Crippen LogP) is 1.65. The highest BCUT2D eigenvalue weighted by atomic mass is 35.5. The zero-order valence-corrected chi connectivity index (χ0v) is 8.70. The molecule has 0 aliphatic carbocycles. The van der Waals surface area contributed by atoms with E-state index in [-0.39, 0.29) is 11.2 Å². The lowest BCUT2D eigenvalue weighted by atomic mass is 10.1. The van der Waals surface area contributed by atoms with Crippen molar-refractivity contribution in [2.45, 2.75) is 6.42 Å². The second-order valence-electron chi connectivity index (χ2n) is 2.98. The summed E-state index contributed by atoms with van der Waals surface area (Å²) in [6, 6.07) is 5.57. The van der Waals surface area contributed by atoms with Gasteiger partial charge in [-0.2, -0.15) is 0 Å². The molecule has 1 unspecified atom stereocenters. The number of rotatable bonds is 5. The number of nitrogens with zero attached hydrogens (tertiary/aromatic N) is 1. The molecule has 0 bridgehead atoms. The number of pyridine rings is 1. The molecule has 0 saturated carbocycles.